The predicted octanol–water partition coefficient (Wildman–Crippen LogP) is 3.04. The van der Waals surface area contributed by atoms with Crippen molar-refractivity contribution in [3.05, 3.63) is 29.3 Å². The Hall–Kier alpha value is -2.24. The van der Waals surface area contributed by atoms with Gasteiger partial charge in [-0.1, -0.05) is 6.07 Å². The molecule has 0 saturated heterocycles. The molecule has 1 rings (SSSR count). The summed E-state index contributed by atoms with van der Waals surface area (Å²) in [6.45, 7) is 7.08. The average Bonchev–Trinajstić information content (AvgIpc) is 2.34. The first-order chi connectivity index (χ1) is 10.1. The van der Waals surface area contributed by atoms with Crippen molar-refractivity contribution in [3.63, 3.8) is 0 Å². The van der Waals surface area contributed by atoms with Gasteiger partial charge < -0.3 is 19.9 Å². The first-order valence-electron chi connectivity index (χ1n) is 6.98. The lowest BCUT2D eigenvalue weighted by molar-refractivity contribution is -0.137. The Morgan fingerprint density at radius 2 is 1.95 bits per heavy atom. The molecule has 0 aliphatic heterocycles. The molecule has 2 N–H and O–H groups in total. The van der Waals surface area contributed by atoms with Crippen molar-refractivity contribution in [3.8, 4) is 5.75 Å². The summed E-state index contributed by atoms with van der Waals surface area (Å²) in [4.78, 5) is 23.0. The van der Waals surface area contributed by atoms with Gasteiger partial charge in [-0.15, -0.1) is 0 Å². The SMILES string of the molecule is COc1ccc([C@@H](CC(=O)O)NC(=O)OC(C)(C)C)c(C)c1. The molecule has 0 radical (unpaired) electrons. The number of rotatable bonds is 5. The van der Waals surface area contributed by atoms with E-state index in [-0.39, 0.29) is 6.42 Å². The van der Waals surface area contributed by atoms with E-state index < -0.39 is 23.7 Å². The highest BCUT2D eigenvalue weighted by molar-refractivity contribution is 5.72. The molecule has 6 nitrogen and oxygen atoms in total. The highest BCUT2D eigenvalue weighted by Crippen LogP contribution is 2.25. The van der Waals surface area contributed by atoms with Crippen LogP contribution in [0.15, 0.2) is 18.2 Å². The molecule has 1 amide bonds. The molecule has 1 atom stereocenters. The molecular weight excluding hydrogens is 286 g/mol. The van der Waals surface area contributed by atoms with Crippen LogP contribution in [-0.4, -0.2) is 29.9 Å². The second-order valence-corrected chi connectivity index (χ2v) is 6.02. The zero-order valence-electron chi connectivity index (χ0n) is 13.6. The quantitative estimate of drug-likeness (QED) is 0.873. The van der Waals surface area contributed by atoms with Crippen LogP contribution in [0.25, 0.3) is 0 Å². The van der Waals surface area contributed by atoms with Gasteiger partial charge in [-0.2, -0.15) is 0 Å². The summed E-state index contributed by atoms with van der Waals surface area (Å²) >= 11 is 0. The van der Waals surface area contributed by atoms with Gasteiger partial charge in [0.2, 0.25) is 0 Å². The molecule has 6 heteroatoms. The highest BCUT2D eigenvalue weighted by atomic mass is 16.6. The number of carboxylic acids is 1. The summed E-state index contributed by atoms with van der Waals surface area (Å²) in [7, 11) is 1.56. The molecule has 0 aliphatic carbocycles. The number of alkyl carbamates (subject to hydrolysis) is 1. The van der Waals surface area contributed by atoms with E-state index in [4.69, 9.17) is 14.6 Å². The Balaban J connectivity index is 2.98. The van der Waals surface area contributed by atoms with Crippen LogP contribution in [0.3, 0.4) is 0 Å². The van der Waals surface area contributed by atoms with Crippen molar-refractivity contribution in [2.75, 3.05) is 7.11 Å². The van der Waals surface area contributed by atoms with Gasteiger partial charge in [-0.3, -0.25) is 4.79 Å². The van der Waals surface area contributed by atoms with E-state index in [9.17, 15) is 9.59 Å². The molecule has 0 saturated carbocycles. The number of aryl methyl sites for hydroxylation is 1. The van der Waals surface area contributed by atoms with Crippen LogP contribution in [0.2, 0.25) is 0 Å². The fourth-order valence-corrected chi connectivity index (χ4v) is 2.03. The van der Waals surface area contributed by atoms with Crippen LogP contribution in [0.5, 0.6) is 5.75 Å². The maximum atomic E-state index is 11.9. The van der Waals surface area contributed by atoms with E-state index >= 15 is 0 Å². The molecule has 1 aromatic carbocycles. The zero-order chi connectivity index (χ0) is 16.9. The lowest BCUT2D eigenvalue weighted by atomic mass is 9.98. The van der Waals surface area contributed by atoms with Crippen molar-refractivity contribution < 1.29 is 24.2 Å². The molecule has 22 heavy (non-hydrogen) atoms. The Labute approximate surface area is 130 Å². The van der Waals surface area contributed by atoms with Crippen LogP contribution in [0, 0.1) is 6.92 Å². The Kier molecular flexibility index (Phi) is 5.79. The number of carbonyl (C=O) groups is 2. The number of aliphatic carboxylic acids is 1. The third-order valence-corrected chi connectivity index (χ3v) is 2.92. The summed E-state index contributed by atoms with van der Waals surface area (Å²) in [5.74, 6) is -0.330. The molecule has 0 fully saturated rings. The van der Waals surface area contributed by atoms with E-state index in [1.54, 1.807) is 46.1 Å². The van der Waals surface area contributed by atoms with Gasteiger partial charge in [0.15, 0.2) is 0 Å². The first kappa shape index (κ1) is 17.8. The summed E-state index contributed by atoms with van der Waals surface area (Å²) in [5, 5.41) is 11.7. The van der Waals surface area contributed by atoms with Crippen molar-refractivity contribution in [1.82, 2.24) is 5.32 Å². The molecule has 0 heterocycles. The Bertz CT molecular complexity index is 548. The van der Waals surface area contributed by atoms with Gasteiger partial charge in [0.05, 0.1) is 19.6 Å². The average molecular weight is 309 g/mol. The second-order valence-electron chi connectivity index (χ2n) is 6.02. The maximum Gasteiger partial charge on any atom is 0.408 e. The van der Waals surface area contributed by atoms with Crippen molar-refractivity contribution in [2.45, 2.75) is 45.8 Å². The fourth-order valence-electron chi connectivity index (χ4n) is 2.03. The number of benzene rings is 1. The number of carbonyl (C=O) groups excluding carboxylic acids is 1. The monoisotopic (exact) mass is 309 g/mol. The minimum absolute atomic E-state index is 0.230. The van der Waals surface area contributed by atoms with Gasteiger partial charge in [0, 0.05) is 0 Å². The lowest BCUT2D eigenvalue weighted by Crippen LogP contribution is -2.36. The van der Waals surface area contributed by atoms with E-state index in [0.29, 0.717) is 11.3 Å². The van der Waals surface area contributed by atoms with Gasteiger partial charge in [0.25, 0.3) is 0 Å². The van der Waals surface area contributed by atoms with E-state index in [1.807, 2.05) is 6.92 Å². The maximum absolute atomic E-state index is 11.9. The molecule has 0 aromatic heterocycles. The van der Waals surface area contributed by atoms with Gasteiger partial charge in [-0.05, 0) is 51.0 Å². The van der Waals surface area contributed by atoms with Gasteiger partial charge in [-0.25, -0.2) is 4.79 Å². The minimum Gasteiger partial charge on any atom is -0.497 e. The van der Waals surface area contributed by atoms with Crippen LogP contribution in [0.1, 0.15) is 44.4 Å². The van der Waals surface area contributed by atoms with Crippen molar-refractivity contribution >= 4 is 12.1 Å². The topological polar surface area (TPSA) is 84.9 Å². The Morgan fingerprint density at radius 1 is 1.32 bits per heavy atom. The molecular formula is C16H23NO5. The van der Waals surface area contributed by atoms with E-state index in [0.717, 1.165) is 5.56 Å². The number of amides is 1. The van der Waals surface area contributed by atoms with Gasteiger partial charge in [0.1, 0.15) is 11.4 Å². The number of ether oxygens (including phenoxy) is 2. The van der Waals surface area contributed by atoms with Crippen LogP contribution >= 0.6 is 0 Å². The summed E-state index contributed by atoms with van der Waals surface area (Å²) in [6, 6.07) is 4.60. The first-order valence-corrected chi connectivity index (χ1v) is 6.98. The number of nitrogens with one attached hydrogen (secondary N) is 1. The molecule has 122 valence electrons. The molecule has 1 aromatic rings. The van der Waals surface area contributed by atoms with Crippen LogP contribution < -0.4 is 10.1 Å². The van der Waals surface area contributed by atoms with Gasteiger partial charge >= 0.3 is 12.1 Å². The minimum atomic E-state index is -1.00. The smallest absolute Gasteiger partial charge is 0.408 e. The Morgan fingerprint density at radius 3 is 2.41 bits per heavy atom. The third kappa shape index (κ3) is 5.63. The molecule has 0 aliphatic rings. The van der Waals surface area contributed by atoms with Crippen LogP contribution in [0.4, 0.5) is 4.79 Å². The summed E-state index contributed by atoms with van der Waals surface area (Å²) in [5.41, 5.74) is 0.906. The highest BCUT2D eigenvalue weighted by Gasteiger charge is 2.23. The number of hydrogen-bond acceptors (Lipinski definition) is 4. The summed E-state index contributed by atoms with van der Waals surface area (Å²) < 4.78 is 10.3. The van der Waals surface area contributed by atoms with Crippen molar-refractivity contribution in [2.24, 2.45) is 0 Å². The fraction of sp³-hybridized carbons (Fsp3) is 0.500. The van der Waals surface area contributed by atoms with E-state index in [2.05, 4.69) is 5.32 Å². The molecule has 0 unspecified atom stereocenters. The standard InChI is InChI=1S/C16H23NO5/c1-10-8-11(21-5)6-7-12(10)13(9-14(18)19)17-15(20)22-16(2,3)4/h6-8,13H,9H2,1-5H3,(H,17,20)(H,18,19)/t13-/m1/s1. The number of carboxylic acid groups (broad SMARTS) is 1. The normalized spacial score (nSPS) is 12.4. The third-order valence-electron chi connectivity index (χ3n) is 2.92. The zero-order valence-corrected chi connectivity index (χ0v) is 13.6. The summed E-state index contributed by atoms with van der Waals surface area (Å²) in [6.07, 6.45) is -0.874. The molecule has 0 spiro atoms. The molecule has 0 bridgehead atoms. The second kappa shape index (κ2) is 7.15. The predicted molar refractivity (Wildman–Crippen MR) is 82.1 cm³/mol. The van der Waals surface area contributed by atoms with Crippen LogP contribution in [-0.2, 0) is 9.53 Å². The number of methoxy groups -OCH3 is 1. The number of hydrogen-bond donors (Lipinski definition) is 2. The van der Waals surface area contributed by atoms with Crippen molar-refractivity contribution in [1.29, 1.82) is 0 Å². The lowest BCUT2D eigenvalue weighted by Gasteiger charge is -2.24. The largest absolute Gasteiger partial charge is 0.497 e. The van der Waals surface area contributed by atoms with E-state index in [1.165, 1.54) is 0 Å².